The van der Waals surface area contributed by atoms with Crippen LogP contribution in [0.1, 0.15) is 20.8 Å². The molecule has 0 aromatic heterocycles. The molecule has 1 atom stereocenters. The van der Waals surface area contributed by atoms with Crippen molar-refractivity contribution in [1.82, 2.24) is 9.80 Å². The maximum absolute atomic E-state index is 12.2. The number of carbonyl (C=O) groups excluding carboxylic acids is 1. The Morgan fingerprint density at radius 1 is 1.15 bits per heavy atom. The number of carbonyl (C=O) groups is 1. The third kappa shape index (κ3) is 6.52. The molecule has 1 aliphatic rings. The van der Waals surface area contributed by atoms with Crippen LogP contribution in [-0.4, -0.2) is 60.9 Å². The minimum Gasteiger partial charge on any atom is -0.339 e. The molecule has 20 heavy (non-hydrogen) atoms. The Morgan fingerprint density at radius 2 is 1.60 bits per heavy atom. The van der Waals surface area contributed by atoms with Gasteiger partial charge in [0.1, 0.15) is 0 Å². The number of nitrogens with zero attached hydrogens (tertiary/aromatic N) is 2. The van der Waals surface area contributed by atoms with Crippen molar-refractivity contribution < 1.29 is 13.6 Å². The first kappa shape index (κ1) is 22.1. The molecule has 122 valence electrons. The maximum atomic E-state index is 12.2. The number of amides is 1. The molecule has 0 aromatic rings. The quantitative estimate of drug-likeness (QED) is 0.852. The van der Waals surface area contributed by atoms with E-state index >= 15 is 0 Å². The number of hydrogen-bond acceptors (Lipinski definition) is 3. The Balaban J connectivity index is 0. The van der Waals surface area contributed by atoms with Crippen molar-refractivity contribution in [2.45, 2.75) is 33.2 Å². The van der Waals surface area contributed by atoms with Gasteiger partial charge in [-0.3, -0.25) is 9.69 Å². The van der Waals surface area contributed by atoms with Crippen LogP contribution >= 0.6 is 24.8 Å². The highest BCUT2D eigenvalue weighted by molar-refractivity contribution is 5.85. The van der Waals surface area contributed by atoms with Gasteiger partial charge in [0.15, 0.2) is 0 Å². The Labute approximate surface area is 131 Å². The first-order valence-corrected chi connectivity index (χ1v) is 6.26. The lowest BCUT2D eigenvalue weighted by molar-refractivity contribution is -0.136. The first-order chi connectivity index (χ1) is 8.21. The monoisotopic (exact) mass is 335 g/mol. The number of hydrogen-bond donors (Lipinski definition) is 1. The fourth-order valence-corrected chi connectivity index (χ4v) is 1.91. The molecule has 1 rings (SSSR count). The fraction of sp³-hybridized carbons (Fsp3) is 0.917. The molecule has 0 bridgehead atoms. The van der Waals surface area contributed by atoms with Crippen molar-refractivity contribution in [3.05, 3.63) is 0 Å². The van der Waals surface area contributed by atoms with E-state index < -0.39 is 12.5 Å². The van der Waals surface area contributed by atoms with E-state index in [-0.39, 0.29) is 42.7 Å². The summed E-state index contributed by atoms with van der Waals surface area (Å²) < 4.78 is 24.4. The standard InChI is InChI=1S/C12H23F2N3O.2ClH/c1-12(2,3)10(15)11(18)17-6-4-16(5-7-17)8-9(13)14;;/h9-10H,4-8,15H2,1-3H3;2*1H/t10-;;/m1../s1. The minimum atomic E-state index is -2.32. The largest absolute Gasteiger partial charge is 0.339 e. The number of nitrogens with two attached hydrogens (primary N) is 1. The highest BCUT2D eigenvalue weighted by atomic mass is 35.5. The van der Waals surface area contributed by atoms with Gasteiger partial charge in [-0.1, -0.05) is 20.8 Å². The molecule has 0 unspecified atom stereocenters. The Kier molecular flexibility index (Phi) is 9.92. The van der Waals surface area contributed by atoms with E-state index in [2.05, 4.69) is 0 Å². The normalized spacial score (nSPS) is 18.2. The average molecular weight is 336 g/mol. The molecule has 0 spiro atoms. The van der Waals surface area contributed by atoms with Crippen LogP contribution in [0.2, 0.25) is 0 Å². The molecule has 1 heterocycles. The number of halogens is 4. The van der Waals surface area contributed by atoms with E-state index in [9.17, 15) is 13.6 Å². The predicted octanol–water partition coefficient (Wildman–Crippen LogP) is 1.61. The van der Waals surface area contributed by atoms with Crippen LogP contribution in [0.15, 0.2) is 0 Å². The van der Waals surface area contributed by atoms with E-state index in [4.69, 9.17) is 5.73 Å². The van der Waals surface area contributed by atoms with Crippen molar-refractivity contribution in [3.63, 3.8) is 0 Å². The summed E-state index contributed by atoms with van der Waals surface area (Å²) in [6, 6.07) is -0.542. The van der Waals surface area contributed by atoms with Gasteiger partial charge in [-0.15, -0.1) is 24.8 Å². The van der Waals surface area contributed by atoms with Crippen molar-refractivity contribution in [2.75, 3.05) is 32.7 Å². The highest BCUT2D eigenvalue weighted by Crippen LogP contribution is 2.19. The van der Waals surface area contributed by atoms with Crippen LogP contribution < -0.4 is 5.73 Å². The summed E-state index contributed by atoms with van der Waals surface area (Å²) >= 11 is 0. The summed E-state index contributed by atoms with van der Waals surface area (Å²) in [5.41, 5.74) is 5.64. The zero-order valence-corrected chi connectivity index (χ0v) is 13.8. The van der Waals surface area contributed by atoms with Gasteiger partial charge in [0, 0.05) is 26.2 Å². The molecule has 4 nitrogen and oxygen atoms in total. The SMILES string of the molecule is CC(C)(C)[C@H](N)C(=O)N1CCN(CC(F)F)CC1.Cl.Cl. The Bertz CT molecular complexity index is 293. The lowest BCUT2D eigenvalue weighted by atomic mass is 9.86. The van der Waals surface area contributed by atoms with Crippen molar-refractivity contribution in [2.24, 2.45) is 11.1 Å². The van der Waals surface area contributed by atoms with E-state index in [1.165, 1.54) is 0 Å². The Morgan fingerprint density at radius 3 is 1.95 bits per heavy atom. The number of alkyl halides is 2. The molecule has 1 fully saturated rings. The zero-order chi connectivity index (χ0) is 13.9. The van der Waals surface area contributed by atoms with E-state index in [1.807, 2.05) is 20.8 Å². The van der Waals surface area contributed by atoms with E-state index in [0.717, 1.165) is 0 Å². The molecule has 0 aromatic carbocycles. The predicted molar refractivity (Wildman–Crippen MR) is 81.0 cm³/mol. The van der Waals surface area contributed by atoms with Gasteiger partial charge >= 0.3 is 0 Å². The van der Waals surface area contributed by atoms with Crippen molar-refractivity contribution in [1.29, 1.82) is 0 Å². The fourth-order valence-electron chi connectivity index (χ4n) is 1.91. The third-order valence-electron chi connectivity index (χ3n) is 3.28. The summed E-state index contributed by atoms with van der Waals surface area (Å²) in [6.45, 7) is 7.49. The van der Waals surface area contributed by atoms with Gasteiger partial charge in [0.2, 0.25) is 5.91 Å². The summed E-state index contributed by atoms with van der Waals surface area (Å²) in [4.78, 5) is 15.5. The van der Waals surface area contributed by atoms with Gasteiger partial charge in [-0.25, -0.2) is 8.78 Å². The van der Waals surface area contributed by atoms with Gasteiger partial charge in [-0.2, -0.15) is 0 Å². The minimum absolute atomic E-state index is 0. The molecular weight excluding hydrogens is 311 g/mol. The van der Waals surface area contributed by atoms with Gasteiger partial charge in [0.25, 0.3) is 6.43 Å². The van der Waals surface area contributed by atoms with Gasteiger partial charge in [-0.05, 0) is 5.41 Å². The zero-order valence-electron chi connectivity index (χ0n) is 12.1. The van der Waals surface area contributed by atoms with Crippen LogP contribution in [0.4, 0.5) is 8.78 Å². The maximum Gasteiger partial charge on any atom is 0.251 e. The number of piperazine rings is 1. The van der Waals surface area contributed by atoms with Crippen molar-refractivity contribution in [3.8, 4) is 0 Å². The van der Waals surface area contributed by atoms with Crippen LogP contribution in [-0.2, 0) is 4.79 Å². The lowest BCUT2D eigenvalue weighted by Gasteiger charge is -2.38. The topological polar surface area (TPSA) is 49.6 Å². The second-order valence-corrected chi connectivity index (χ2v) is 5.86. The van der Waals surface area contributed by atoms with E-state index in [0.29, 0.717) is 26.2 Å². The second kappa shape index (κ2) is 8.97. The summed E-state index contributed by atoms with van der Waals surface area (Å²) in [5.74, 6) is -0.0841. The molecule has 0 radical (unpaired) electrons. The van der Waals surface area contributed by atoms with Gasteiger partial charge < -0.3 is 10.6 Å². The first-order valence-electron chi connectivity index (χ1n) is 6.26. The Hall–Kier alpha value is -0.170. The molecule has 2 N–H and O–H groups in total. The molecule has 8 heteroatoms. The highest BCUT2D eigenvalue weighted by Gasteiger charge is 2.32. The average Bonchev–Trinajstić information content (AvgIpc) is 2.26. The molecule has 0 saturated carbocycles. The molecule has 1 aliphatic heterocycles. The summed E-state index contributed by atoms with van der Waals surface area (Å²) in [6.07, 6.45) is -2.32. The molecule has 1 amide bonds. The smallest absolute Gasteiger partial charge is 0.251 e. The van der Waals surface area contributed by atoms with Crippen LogP contribution in [0.5, 0.6) is 0 Å². The lowest BCUT2D eigenvalue weighted by Crippen LogP contribution is -2.56. The van der Waals surface area contributed by atoms with Crippen LogP contribution in [0.3, 0.4) is 0 Å². The third-order valence-corrected chi connectivity index (χ3v) is 3.28. The van der Waals surface area contributed by atoms with Crippen LogP contribution in [0, 0.1) is 5.41 Å². The second-order valence-electron chi connectivity index (χ2n) is 5.86. The summed E-state index contributed by atoms with van der Waals surface area (Å²) in [5, 5.41) is 0. The summed E-state index contributed by atoms with van der Waals surface area (Å²) in [7, 11) is 0. The van der Waals surface area contributed by atoms with Gasteiger partial charge in [0.05, 0.1) is 12.6 Å². The van der Waals surface area contributed by atoms with E-state index in [1.54, 1.807) is 9.80 Å². The van der Waals surface area contributed by atoms with Crippen LogP contribution in [0.25, 0.3) is 0 Å². The number of rotatable bonds is 3. The molecule has 1 saturated heterocycles. The van der Waals surface area contributed by atoms with Crippen molar-refractivity contribution >= 4 is 30.7 Å². The molecular formula is C12H25Cl2F2N3O. The molecule has 0 aliphatic carbocycles.